The lowest BCUT2D eigenvalue weighted by Gasteiger charge is -2.33. The Morgan fingerprint density at radius 2 is 0.688 bits per heavy atom. The van der Waals surface area contributed by atoms with Crippen molar-refractivity contribution in [2.24, 2.45) is 0 Å². The molecule has 0 spiro atoms. The first kappa shape index (κ1) is 68.7. The van der Waals surface area contributed by atoms with Gasteiger partial charge < -0.3 is 13.7 Å². The molecule has 0 aliphatic heterocycles. The van der Waals surface area contributed by atoms with Crippen molar-refractivity contribution in [3.05, 3.63) is 316 Å². The third-order valence-electron chi connectivity index (χ3n) is 27.9. The second-order valence-electron chi connectivity index (χ2n) is 35.6. The molecule has 550 valence electrons. The zero-order valence-electron chi connectivity index (χ0n) is 66.6. The van der Waals surface area contributed by atoms with Crippen molar-refractivity contribution in [2.75, 3.05) is 4.90 Å². The van der Waals surface area contributed by atoms with E-state index < -0.39 is 5.41 Å². The SMILES string of the molecule is CCCCCCCC1(CCCCCCC)c2ccccc2-c2ccc(-c3ccc4c(c3)C(C)(C)c3cc(-c5ccc(-c6cc7c(c8c6oc6ccccc68)-c6ccc(N(c8ccc9c(c8)C(C)(C)c8c%10c(c%11oc%12ccccc%12c%11c8-9)-c8ccccc8C%10(C)C)c8ccc9ccccc9c8)cc6C7(C)C)cc5)ccc3-4)cc21. The maximum absolute atomic E-state index is 7.16. The van der Waals surface area contributed by atoms with Gasteiger partial charge in [-0.05, 0) is 230 Å². The first-order valence-electron chi connectivity index (χ1n) is 41.8. The van der Waals surface area contributed by atoms with Crippen molar-refractivity contribution >= 4 is 71.7 Å². The summed E-state index contributed by atoms with van der Waals surface area (Å²) in [6.07, 6.45) is 15.5. The number of benzene rings is 14. The lowest BCUT2D eigenvalue weighted by molar-refractivity contribution is 0.399. The molecule has 0 radical (unpaired) electrons. The Kier molecular flexibility index (Phi) is 15.6. The molecular formula is C109H97NO2. The third-order valence-corrected chi connectivity index (χ3v) is 27.9. The first-order valence-corrected chi connectivity index (χ1v) is 41.8. The van der Waals surface area contributed by atoms with Crippen molar-refractivity contribution in [1.82, 2.24) is 0 Å². The standard InChI is InChI=1S/C109H97NO2/c1-11-13-15-17-29-57-109(58-30-18-16-14-12-2)87-38-26-21-33-76(87)79-54-48-72(62-92(79)109)71-47-53-78-77-52-46-70(60-88(77)105(3,4)89(78)61-71)67-41-43-68(44-42-67)85-65-93-96(98-83-35-23-27-39-94(83)111-103(85)98)81-55-50-74(63-90(81)106(93,5)6)110(73-49-45-66-31-19-20-32-69(66)59-73)75-51-56-82-91(64-75)108(9,10)101-97(82)99-84-36-24-28-40-95(84)112-104(99)100-80-34-22-25-37-86(80)107(7,8)102(100)101/h19-28,31-56,59-65H,11-18,29-30,57-58H2,1-10H3. The van der Waals surface area contributed by atoms with E-state index in [9.17, 15) is 0 Å². The Balaban J connectivity index is 0.626. The van der Waals surface area contributed by atoms with E-state index in [2.05, 4.69) is 335 Å². The highest BCUT2D eigenvalue weighted by molar-refractivity contribution is 6.22. The quantitative estimate of drug-likeness (QED) is 0.0802. The fraction of sp³-hybridized carbons (Fsp3) is 0.248. The van der Waals surface area contributed by atoms with Gasteiger partial charge in [0.15, 0.2) is 0 Å². The maximum Gasteiger partial charge on any atom is 0.144 e. The molecule has 5 aliphatic carbocycles. The Bertz CT molecular complexity index is 6600. The van der Waals surface area contributed by atoms with Gasteiger partial charge in [-0.25, -0.2) is 0 Å². The molecule has 2 aromatic heterocycles. The second kappa shape index (κ2) is 25.4. The summed E-state index contributed by atoms with van der Waals surface area (Å²) in [7, 11) is 0. The zero-order valence-corrected chi connectivity index (χ0v) is 66.6. The summed E-state index contributed by atoms with van der Waals surface area (Å²) in [5.41, 5.74) is 40.5. The van der Waals surface area contributed by atoms with Gasteiger partial charge in [0, 0.05) is 76.8 Å². The summed E-state index contributed by atoms with van der Waals surface area (Å²) in [6.45, 7) is 24.2. The molecule has 0 saturated heterocycles. The van der Waals surface area contributed by atoms with Crippen LogP contribution in [0.15, 0.2) is 270 Å². The molecule has 16 aromatic rings. The second-order valence-corrected chi connectivity index (χ2v) is 35.6. The summed E-state index contributed by atoms with van der Waals surface area (Å²) in [5, 5.41) is 7.12. The van der Waals surface area contributed by atoms with Crippen LogP contribution in [0.25, 0.3) is 144 Å². The van der Waals surface area contributed by atoms with Crippen LogP contribution in [0.4, 0.5) is 17.1 Å². The highest BCUT2D eigenvalue weighted by atomic mass is 16.3. The largest absolute Gasteiger partial charge is 0.455 e. The van der Waals surface area contributed by atoms with Gasteiger partial charge in [-0.15, -0.1) is 0 Å². The Morgan fingerprint density at radius 1 is 0.268 bits per heavy atom. The normalized spacial score (nSPS) is 15.5. The smallest absolute Gasteiger partial charge is 0.144 e. The average Bonchev–Trinajstić information content (AvgIpc) is 1.50. The van der Waals surface area contributed by atoms with E-state index in [0.717, 1.165) is 55.9 Å². The molecule has 0 bridgehead atoms. The highest BCUT2D eigenvalue weighted by Gasteiger charge is 2.50. The number of fused-ring (bicyclic) bond motifs is 26. The van der Waals surface area contributed by atoms with Crippen molar-refractivity contribution in [1.29, 1.82) is 0 Å². The molecule has 0 saturated carbocycles. The lowest BCUT2D eigenvalue weighted by atomic mass is 9.70. The van der Waals surface area contributed by atoms with Gasteiger partial charge >= 0.3 is 0 Å². The number of hydrogen-bond donors (Lipinski definition) is 0. The van der Waals surface area contributed by atoms with Gasteiger partial charge in [0.2, 0.25) is 0 Å². The Morgan fingerprint density at radius 3 is 1.33 bits per heavy atom. The van der Waals surface area contributed by atoms with Crippen molar-refractivity contribution < 1.29 is 8.83 Å². The van der Waals surface area contributed by atoms with Gasteiger partial charge in [-0.3, -0.25) is 0 Å². The molecule has 5 aliphatic rings. The summed E-state index contributed by atoms with van der Waals surface area (Å²) < 4.78 is 14.3. The highest BCUT2D eigenvalue weighted by Crippen LogP contribution is 2.65. The van der Waals surface area contributed by atoms with Crippen LogP contribution < -0.4 is 4.90 Å². The minimum absolute atomic E-state index is 0.0432. The van der Waals surface area contributed by atoms with E-state index in [4.69, 9.17) is 8.83 Å². The predicted octanol–water partition coefficient (Wildman–Crippen LogP) is 31.3. The predicted molar refractivity (Wildman–Crippen MR) is 473 cm³/mol. The van der Waals surface area contributed by atoms with Crippen molar-refractivity contribution in [3.8, 4) is 89.0 Å². The van der Waals surface area contributed by atoms with Crippen LogP contribution in [0.5, 0.6) is 0 Å². The minimum Gasteiger partial charge on any atom is -0.455 e. The van der Waals surface area contributed by atoms with E-state index in [0.29, 0.717) is 0 Å². The number of unbranched alkanes of at least 4 members (excludes halogenated alkanes) is 8. The summed E-state index contributed by atoms with van der Waals surface area (Å²) >= 11 is 0. The molecule has 0 amide bonds. The third kappa shape index (κ3) is 9.96. The molecule has 2 heterocycles. The van der Waals surface area contributed by atoms with Crippen LogP contribution in [0.2, 0.25) is 0 Å². The number of nitrogens with zero attached hydrogens (tertiary/aromatic N) is 1. The number of rotatable bonds is 18. The first-order chi connectivity index (χ1) is 54.5. The van der Waals surface area contributed by atoms with Gasteiger partial charge in [0.25, 0.3) is 0 Å². The molecule has 0 N–H and O–H groups in total. The van der Waals surface area contributed by atoms with E-state index >= 15 is 0 Å². The van der Waals surface area contributed by atoms with Gasteiger partial charge in [0.1, 0.15) is 22.3 Å². The van der Waals surface area contributed by atoms with Crippen LogP contribution in [0, 0.1) is 0 Å². The van der Waals surface area contributed by atoms with Crippen molar-refractivity contribution in [2.45, 2.75) is 173 Å². The van der Waals surface area contributed by atoms with Crippen LogP contribution in [0.1, 0.15) is 202 Å². The van der Waals surface area contributed by atoms with E-state index in [1.54, 1.807) is 11.1 Å². The number of hydrogen-bond acceptors (Lipinski definition) is 3. The fourth-order valence-corrected chi connectivity index (χ4v) is 22.2. The van der Waals surface area contributed by atoms with E-state index in [-0.39, 0.29) is 21.7 Å². The molecule has 3 heteroatoms. The molecule has 112 heavy (non-hydrogen) atoms. The number of para-hydroxylation sites is 2. The summed E-state index contributed by atoms with van der Waals surface area (Å²) in [4.78, 5) is 2.52. The Hall–Kier alpha value is -11.3. The monoisotopic (exact) mass is 1450 g/mol. The van der Waals surface area contributed by atoms with Gasteiger partial charge in [-0.1, -0.05) is 322 Å². The number of anilines is 3. The van der Waals surface area contributed by atoms with Crippen LogP contribution in [-0.4, -0.2) is 0 Å². The molecule has 0 fully saturated rings. The Labute approximate surface area is 660 Å². The fourth-order valence-electron chi connectivity index (χ4n) is 22.2. The van der Waals surface area contributed by atoms with Crippen LogP contribution in [0.3, 0.4) is 0 Å². The van der Waals surface area contributed by atoms with Gasteiger partial charge in [0.05, 0.1) is 0 Å². The van der Waals surface area contributed by atoms with Crippen molar-refractivity contribution in [3.63, 3.8) is 0 Å². The number of furan rings is 2. The topological polar surface area (TPSA) is 29.5 Å². The maximum atomic E-state index is 7.16. The van der Waals surface area contributed by atoms with Crippen LogP contribution in [-0.2, 0) is 27.1 Å². The summed E-state index contributed by atoms with van der Waals surface area (Å²) in [5.74, 6) is 0. The molecule has 3 nitrogen and oxygen atoms in total. The summed E-state index contributed by atoms with van der Waals surface area (Å²) in [6, 6.07) is 100. The molecule has 14 aromatic carbocycles. The molecule has 0 unspecified atom stereocenters. The average molecular weight is 1450 g/mol. The molecule has 0 atom stereocenters. The zero-order chi connectivity index (χ0) is 75.9. The van der Waals surface area contributed by atoms with E-state index in [1.165, 1.54) is 226 Å². The lowest BCUT2D eigenvalue weighted by Crippen LogP contribution is -2.25. The van der Waals surface area contributed by atoms with Crippen LogP contribution >= 0.6 is 0 Å². The molecular weight excluding hydrogens is 1360 g/mol. The van der Waals surface area contributed by atoms with E-state index in [1.807, 2.05) is 0 Å². The van der Waals surface area contributed by atoms with Gasteiger partial charge in [-0.2, -0.15) is 0 Å². The minimum atomic E-state index is -0.391. The molecule has 21 rings (SSSR count).